The van der Waals surface area contributed by atoms with Crippen LogP contribution in [0.25, 0.3) is 0 Å². The first-order chi connectivity index (χ1) is 23.0. The number of aliphatic hydroxyl groups is 1. The third-order valence-electron chi connectivity index (χ3n) is 9.37. The van der Waals surface area contributed by atoms with Crippen LogP contribution in [0.15, 0.2) is 122 Å². The average molecular weight is 631 g/mol. The number of anilines is 1. The quantitative estimate of drug-likeness (QED) is 0.195. The smallest absolute Gasteiger partial charge is 0.325 e. The van der Waals surface area contributed by atoms with E-state index in [0.29, 0.717) is 22.6 Å². The zero-order chi connectivity index (χ0) is 32.5. The first-order valence-corrected chi connectivity index (χ1v) is 15.6. The Bertz CT molecular complexity index is 1800. The van der Waals surface area contributed by atoms with Gasteiger partial charge >= 0.3 is 11.9 Å². The summed E-state index contributed by atoms with van der Waals surface area (Å²) in [6.45, 7) is 3.58. The molecule has 6 atom stereocenters. The third-order valence-corrected chi connectivity index (χ3v) is 9.37. The molecule has 9 nitrogen and oxygen atoms in total. The van der Waals surface area contributed by atoms with E-state index in [0.717, 1.165) is 11.1 Å². The number of cyclic esters (lactones) is 1. The molecule has 2 N–H and O–H groups in total. The summed E-state index contributed by atoms with van der Waals surface area (Å²) < 4.78 is 17.7. The van der Waals surface area contributed by atoms with E-state index in [1.165, 1.54) is 6.08 Å². The van der Waals surface area contributed by atoms with Gasteiger partial charge in [-0.2, -0.15) is 0 Å². The van der Waals surface area contributed by atoms with Gasteiger partial charge in [0, 0.05) is 5.69 Å². The highest BCUT2D eigenvalue weighted by atomic mass is 16.6. The SMILES string of the molecule is C=CCOC(=O)[C@H]1[C@@H]2C(=O)O[C@@H](c3ccccc3)[C@@H](c3ccccc3)N2[C@@H](c2ccc(OCCO)cc2)[C@@]12C(=O)Nc1ccccc12. The van der Waals surface area contributed by atoms with Crippen LogP contribution in [0.1, 0.15) is 40.4 Å². The summed E-state index contributed by atoms with van der Waals surface area (Å²) in [5.41, 5.74) is 1.92. The van der Waals surface area contributed by atoms with Crippen molar-refractivity contribution in [1.82, 2.24) is 4.90 Å². The Morgan fingerprint density at radius 3 is 2.21 bits per heavy atom. The molecule has 0 aromatic heterocycles. The van der Waals surface area contributed by atoms with E-state index in [9.17, 15) is 19.5 Å². The van der Waals surface area contributed by atoms with Crippen molar-refractivity contribution in [3.8, 4) is 5.75 Å². The van der Waals surface area contributed by atoms with E-state index in [2.05, 4.69) is 11.9 Å². The number of nitrogens with one attached hydrogen (secondary N) is 1. The number of ether oxygens (including phenoxy) is 3. The monoisotopic (exact) mass is 630 g/mol. The highest BCUT2D eigenvalue weighted by Crippen LogP contribution is 2.64. The van der Waals surface area contributed by atoms with E-state index in [4.69, 9.17) is 14.2 Å². The lowest BCUT2D eigenvalue weighted by Crippen LogP contribution is -2.52. The number of carbonyl (C=O) groups is 3. The van der Waals surface area contributed by atoms with Crippen molar-refractivity contribution in [2.24, 2.45) is 5.92 Å². The molecule has 3 aliphatic heterocycles. The van der Waals surface area contributed by atoms with E-state index in [1.807, 2.05) is 95.9 Å². The number of hydrogen-bond donors (Lipinski definition) is 2. The number of fused-ring (bicyclic) bond motifs is 3. The van der Waals surface area contributed by atoms with Crippen LogP contribution in [0.3, 0.4) is 0 Å². The first kappa shape index (κ1) is 30.4. The summed E-state index contributed by atoms with van der Waals surface area (Å²) in [6, 6.07) is 31.1. The van der Waals surface area contributed by atoms with Crippen molar-refractivity contribution >= 4 is 23.5 Å². The highest BCUT2D eigenvalue weighted by Gasteiger charge is 2.74. The van der Waals surface area contributed by atoms with Crippen molar-refractivity contribution in [2.45, 2.75) is 29.6 Å². The molecule has 0 aliphatic carbocycles. The lowest BCUT2D eigenvalue weighted by Gasteiger charge is -2.46. The molecule has 3 aliphatic rings. The van der Waals surface area contributed by atoms with Crippen LogP contribution in [0.5, 0.6) is 5.75 Å². The van der Waals surface area contributed by atoms with Gasteiger partial charge in [-0.1, -0.05) is 104 Å². The second-order valence-corrected chi connectivity index (χ2v) is 11.8. The highest BCUT2D eigenvalue weighted by molar-refractivity contribution is 6.11. The molecule has 238 valence electrons. The summed E-state index contributed by atoms with van der Waals surface area (Å²) in [5, 5.41) is 12.3. The van der Waals surface area contributed by atoms with Crippen LogP contribution < -0.4 is 10.1 Å². The molecule has 0 unspecified atom stereocenters. The minimum absolute atomic E-state index is 0.0905. The second kappa shape index (κ2) is 12.5. The number of benzene rings is 4. The Hall–Kier alpha value is -5.25. The normalized spacial score (nSPS) is 26.2. The summed E-state index contributed by atoms with van der Waals surface area (Å²) in [6.07, 6.45) is 0.705. The van der Waals surface area contributed by atoms with Gasteiger partial charge in [-0.25, -0.2) is 0 Å². The Balaban J connectivity index is 1.52. The van der Waals surface area contributed by atoms with Crippen LogP contribution in [-0.4, -0.2) is 53.7 Å². The molecule has 7 rings (SSSR count). The van der Waals surface area contributed by atoms with Crippen molar-refractivity contribution in [3.05, 3.63) is 144 Å². The summed E-state index contributed by atoms with van der Waals surface area (Å²) >= 11 is 0. The first-order valence-electron chi connectivity index (χ1n) is 15.6. The number of para-hydroxylation sites is 1. The molecule has 0 saturated carbocycles. The number of esters is 2. The number of morpholine rings is 1. The number of rotatable bonds is 9. The van der Waals surface area contributed by atoms with E-state index >= 15 is 0 Å². The van der Waals surface area contributed by atoms with Crippen molar-refractivity contribution in [1.29, 1.82) is 0 Å². The Morgan fingerprint density at radius 1 is 0.872 bits per heavy atom. The van der Waals surface area contributed by atoms with Crippen LogP contribution >= 0.6 is 0 Å². The maximum absolute atomic E-state index is 14.7. The molecule has 0 bridgehead atoms. The molecule has 4 aromatic carbocycles. The van der Waals surface area contributed by atoms with Crippen LogP contribution in [0.2, 0.25) is 0 Å². The molecule has 1 spiro atoms. The predicted octanol–water partition coefficient (Wildman–Crippen LogP) is 5.06. The minimum atomic E-state index is -1.58. The fourth-order valence-corrected chi connectivity index (χ4v) is 7.66. The van der Waals surface area contributed by atoms with Crippen LogP contribution in [0.4, 0.5) is 5.69 Å². The van der Waals surface area contributed by atoms with E-state index in [-0.39, 0.29) is 19.8 Å². The topological polar surface area (TPSA) is 114 Å². The number of nitrogens with zero attached hydrogens (tertiary/aromatic N) is 1. The molecule has 1 amide bonds. The molecule has 2 saturated heterocycles. The van der Waals surface area contributed by atoms with Gasteiger partial charge < -0.3 is 24.6 Å². The molecular weight excluding hydrogens is 596 g/mol. The largest absolute Gasteiger partial charge is 0.491 e. The Kier molecular flexibility index (Phi) is 8.09. The third kappa shape index (κ3) is 4.90. The molecule has 0 radical (unpaired) electrons. The maximum Gasteiger partial charge on any atom is 0.325 e. The Morgan fingerprint density at radius 2 is 1.53 bits per heavy atom. The van der Waals surface area contributed by atoms with Gasteiger partial charge in [-0.15, -0.1) is 0 Å². The second-order valence-electron chi connectivity index (χ2n) is 11.8. The molecular formula is C38H34N2O7. The predicted molar refractivity (Wildman–Crippen MR) is 173 cm³/mol. The minimum Gasteiger partial charge on any atom is -0.491 e. The number of amides is 1. The van der Waals surface area contributed by atoms with Gasteiger partial charge in [0.25, 0.3) is 0 Å². The molecule has 9 heteroatoms. The zero-order valence-electron chi connectivity index (χ0n) is 25.5. The van der Waals surface area contributed by atoms with Crippen molar-refractivity contribution < 1.29 is 33.7 Å². The fraction of sp³-hybridized carbons (Fsp3) is 0.237. The maximum atomic E-state index is 14.7. The summed E-state index contributed by atoms with van der Waals surface area (Å²) in [5.74, 6) is -2.45. The van der Waals surface area contributed by atoms with Crippen molar-refractivity contribution in [3.63, 3.8) is 0 Å². The van der Waals surface area contributed by atoms with Gasteiger partial charge in [0.1, 0.15) is 42.4 Å². The van der Waals surface area contributed by atoms with Crippen molar-refractivity contribution in [2.75, 3.05) is 25.1 Å². The van der Waals surface area contributed by atoms with Gasteiger partial charge in [0.05, 0.1) is 18.7 Å². The van der Waals surface area contributed by atoms with E-state index in [1.54, 1.807) is 18.2 Å². The standard InChI is InChI=1S/C38H34N2O7/c1-2-22-46-35(42)30-32-36(43)47-33(25-13-7-4-8-14-25)31(24-11-5-3-6-12-24)40(32)34(26-17-19-27(20-18-26)45-23-21-41)38(30)28-15-9-10-16-29(28)39-37(38)44/h2-20,30-34,41H,1,21-23H2,(H,39,44)/t30-,31-,32-,33+,34+,38+/m1/s1. The molecule has 3 heterocycles. The number of aliphatic hydroxyl groups excluding tert-OH is 1. The lowest BCUT2D eigenvalue weighted by molar-refractivity contribution is -0.180. The number of hydrogen-bond acceptors (Lipinski definition) is 8. The van der Waals surface area contributed by atoms with Gasteiger partial charge in [0.2, 0.25) is 5.91 Å². The average Bonchev–Trinajstić information content (AvgIpc) is 3.59. The molecule has 2 fully saturated rings. The van der Waals surface area contributed by atoms with Crippen LogP contribution in [0, 0.1) is 5.92 Å². The van der Waals surface area contributed by atoms with Gasteiger partial charge in [0.15, 0.2) is 0 Å². The molecule has 47 heavy (non-hydrogen) atoms. The van der Waals surface area contributed by atoms with Gasteiger partial charge in [-0.05, 0) is 40.5 Å². The van der Waals surface area contributed by atoms with E-state index < -0.39 is 53.4 Å². The molecule has 4 aromatic rings. The fourth-order valence-electron chi connectivity index (χ4n) is 7.66. The summed E-state index contributed by atoms with van der Waals surface area (Å²) in [4.78, 5) is 45.5. The lowest BCUT2D eigenvalue weighted by atomic mass is 9.65. The zero-order valence-corrected chi connectivity index (χ0v) is 25.5. The van der Waals surface area contributed by atoms with Crippen LogP contribution in [-0.2, 0) is 29.3 Å². The summed E-state index contributed by atoms with van der Waals surface area (Å²) in [7, 11) is 0. The van der Waals surface area contributed by atoms with Gasteiger partial charge in [-0.3, -0.25) is 19.3 Å². The Labute approximate surface area is 272 Å². The number of carbonyl (C=O) groups excluding carboxylic acids is 3.